The lowest BCUT2D eigenvalue weighted by molar-refractivity contribution is -0.384. The molecule has 0 amide bonds. The summed E-state index contributed by atoms with van der Waals surface area (Å²) in [7, 11) is 0. The Balaban J connectivity index is 2.25. The average Bonchev–Trinajstić information content (AvgIpc) is 2.84. The molecule has 0 unspecified atom stereocenters. The van der Waals surface area contributed by atoms with Crippen molar-refractivity contribution in [2.24, 2.45) is 0 Å². The van der Waals surface area contributed by atoms with E-state index < -0.39 is 10.5 Å². The maximum atomic E-state index is 11.5. The van der Waals surface area contributed by atoms with Crippen molar-refractivity contribution in [2.75, 3.05) is 0 Å². The Kier molecular flexibility index (Phi) is 2.46. The summed E-state index contributed by atoms with van der Waals surface area (Å²) in [5, 5.41) is 20.5. The van der Waals surface area contributed by atoms with Crippen molar-refractivity contribution in [3.8, 4) is 17.1 Å². The third-order valence-electron chi connectivity index (χ3n) is 2.74. The molecular formula is C11H7N5O4. The largest absolute Gasteiger partial charge is 0.507 e. The van der Waals surface area contributed by atoms with Crippen LogP contribution in [0, 0.1) is 10.1 Å². The quantitative estimate of drug-likeness (QED) is 0.469. The number of hydrogen-bond donors (Lipinski definition) is 3. The normalized spacial score (nSPS) is 10.8. The molecule has 0 radical (unpaired) electrons. The summed E-state index contributed by atoms with van der Waals surface area (Å²) in [6, 6.07) is 3.53. The van der Waals surface area contributed by atoms with Crippen LogP contribution in [0.5, 0.6) is 5.75 Å². The molecule has 20 heavy (non-hydrogen) atoms. The second-order valence-corrected chi connectivity index (χ2v) is 3.97. The minimum Gasteiger partial charge on any atom is -0.507 e. The summed E-state index contributed by atoms with van der Waals surface area (Å²) < 4.78 is 0. The number of phenols is 1. The van der Waals surface area contributed by atoms with Crippen LogP contribution in [0.1, 0.15) is 0 Å². The molecule has 3 N–H and O–H groups in total. The number of H-pyrrole nitrogens is 2. The van der Waals surface area contributed by atoms with Gasteiger partial charge in [-0.15, -0.1) is 0 Å². The lowest BCUT2D eigenvalue weighted by atomic mass is 10.1. The van der Waals surface area contributed by atoms with E-state index >= 15 is 0 Å². The van der Waals surface area contributed by atoms with Crippen molar-refractivity contribution in [2.45, 2.75) is 0 Å². The van der Waals surface area contributed by atoms with Gasteiger partial charge in [0.1, 0.15) is 11.6 Å². The first-order valence-corrected chi connectivity index (χ1v) is 5.47. The van der Waals surface area contributed by atoms with Crippen LogP contribution in [0.25, 0.3) is 22.6 Å². The summed E-state index contributed by atoms with van der Waals surface area (Å²) in [5.41, 5.74) is -0.196. The number of hydrogen-bond acceptors (Lipinski definition) is 6. The van der Waals surface area contributed by atoms with Crippen molar-refractivity contribution < 1.29 is 10.0 Å². The summed E-state index contributed by atoms with van der Waals surface area (Å²) in [6.07, 6.45) is 1.20. The van der Waals surface area contributed by atoms with Crippen LogP contribution >= 0.6 is 0 Å². The van der Waals surface area contributed by atoms with Gasteiger partial charge in [0.25, 0.3) is 11.2 Å². The molecular weight excluding hydrogens is 266 g/mol. The lowest BCUT2D eigenvalue weighted by Gasteiger charge is -2.00. The number of imidazole rings is 1. The van der Waals surface area contributed by atoms with E-state index in [1.807, 2.05) is 0 Å². The second-order valence-electron chi connectivity index (χ2n) is 3.97. The summed E-state index contributed by atoms with van der Waals surface area (Å²) in [6.45, 7) is 0. The van der Waals surface area contributed by atoms with E-state index in [0.717, 1.165) is 0 Å². The third-order valence-corrected chi connectivity index (χ3v) is 2.74. The third kappa shape index (κ3) is 1.77. The van der Waals surface area contributed by atoms with Crippen molar-refractivity contribution in [3.05, 3.63) is 45.0 Å². The van der Waals surface area contributed by atoms with Gasteiger partial charge in [0, 0.05) is 12.1 Å². The Morgan fingerprint density at radius 2 is 2.15 bits per heavy atom. The van der Waals surface area contributed by atoms with E-state index in [-0.39, 0.29) is 34.0 Å². The molecule has 0 fully saturated rings. The number of nitrogens with zero attached hydrogens (tertiary/aromatic N) is 3. The van der Waals surface area contributed by atoms with Crippen molar-refractivity contribution >= 4 is 16.9 Å². The Labute approximate surface area is 110 Å². The van der Waals surface area contributed by atoms with Gasteiger partial charge >= 0.3 is 0 Å². The van der Waals surface area contributed by atoms with Crippen LogP contribution in [0.2, 0.25) is 0 Å². The fourth-order valence-corrected chi connectivity index (χ4v) is 1.79. The first-order valence-electron chi connectivity index (χ1n) is 5.47. The van der Waals surface area contributed by atoms with Crippen molar-refractivity contribution in [1.82, 2.24) is 19.9 Å². The number of non-ortho nitro benzene ring substituents is 1. The highest BCUT2D eigenvalue weighted by Crippen LogP contribution is 2.31. The predicted octanol–water partition coefficient (Wildman–Crippen LogP) is 0.927. The molecule has 3 rings (SSSR count). The minimum absolute atomic E-state index is 0.122. The summed E-state index contributed by atoms with van der Waals surface area (Å²) in [5.74, 6) is -0.0588. The van der Waals surface area contributed by atoms with E-state index in [1.165, 1.54) is 24.5 Å². The van der Waals surface area contributed by atoms with Gasteiger partial charge in [0.2, 0.25) is 0 Å². The second kappa shape index (κ2) is 4.16. The van der Waals surface area contributed by atoms with Gasteiger partial charge in [-0.25, -0.2) is 9.97 Å². The molecule has 2 aromatic heterocycles. The first kappa shape index (κ1) is 11.8. The number of aromatic hydroxyl groups is 1. The molecule has 9 heteroatoms. The fraction of sp³-hybridized carbons (Fsp3) is 0. The van der Waals surface area contributed by atoms with Gasteiger partial charge in [0.05, 0.1) is 16.8 Å². The van der Waals surface area contributed by atoms with Gasteiger partial charge in [-0.05, 0) is 6.07 Å². The molecule has 0 aliphatic carbocycles. The standard InChI is InChI=1S/C11H7N5O4/c17-7-2-1-5(16(19)20)3-6(7)9-14-8-10(15-9)12-4-13-11(8)18/h1-4,17H,(H2,12,13,14,15,18). The number of benzene rings is 1. The maximum Gasteiger partial charge on any atom is 0.276 e. The molecule has 100 valence electrons. The van der Waals surface area contributed by atoms with E-state index in [9.17, 15) is 20.0 Å². The molecule has 0 atom stereocenters. The molecule has 0 bridgehead atoms. The van der Waals surface area contributed by atoms with Gasteiger partial charge in [0.15, 0.2) is 11.2 Å². The number of nitro groups is 1. The fourth-order valence-electron chi connectivity index (χ4n) is 1.79. The van der Waals surface area contributed by atoms with Crippen molar-refractivity contribution in [3.63, 3.8) is 0 Å². The molecule has 0 saturated carbocycles. The molecule has 0 spiro atoms. The van der Waals surface area contributed by atoms with E-state index in [4.69, 9.17) is 0 Å². The summed E-state index contributed by atoms with van der Waals surface area (Å²) in [4.78, 5) is 34.7. The van der Waals surface area contributed by atoms with Crippen LogP contribution in [0.3, 0.4) is 0 Å². The Morgan fingerprint density at radius 3 is 2.85 bits per heavy atom. The zero-order valence-electron chi connectivity index (χ0n) is 9.82. The highest BCUT2D eigenvalue weighted by Gasteiger charge is 2.16. The molecule has 2 heterocycles. The van der Waals surface area contributed by atoms with Gasteiger partial charge in [-0.2, -0.15) is 0 Å². The molecule has 0 saturated heterocycles. The minimum atomic E-state index is -0.587. The molecule has 9 nitrogen and oxygen atoms in total. The summed E-state index contributed by atoms with van der Waals surface area (Å²) >= 11 is 0. The number of aromatic amines is 2. The molecule has 0 aliphatic heterocycles. The highest BCUT2D eigenvalue weighted by atomic mass is 16.6. The Bertz CT molecular complexity index is 882. The number of fused-ring (bicyclic) bond motifs is 1. The van der Waals surface area contributed by atoms with Crippen LogP contribution in [-0.4, -0.2) is 30.0 Å². The zero-order valence-corrected chi connectivity index (χ0v) is 9.82. The van der Waals surface area contributed by atoms with Gasteiger partial charge in [-0.1, -0.05) is 0 Å². The van der Waals surface area contributed by atoms with Crippen LogP contribution in [0.4, 0.5) is 5.69 Å². The van der Waals surface area contributed by atoms with Crippen molar-refractivity contribution in [1.29, 1.82) is 0 Å². The number of nitrogens with one attached hydrogen (secondary N) is 2. The monoisotopic (exact) mass is 273 g/mol. The SMILES string of the molecule is O=c1[nH]cnc2nc(-c3cc([N+](=O)[O-])ccc3O)[nH]c12. The maximum absolute atomic E-state index is 11.5. The number of rotatable bonds is 2. The topological polar surface area (TPSA) is 138 Å². The smallest absolute Gasteiger partial charge is 0.276 e. The number of aromatic nitrogens is 4. The van der Waals surface area contributed by atoms with E-state index in [0.29, 0.717) is 0 Å². The number of nitro benzene ring substituents is 1. The number of phenolic OH excluding ortho intramolecular Hbond substituents is 1. The Morgan fingerprint density at radius 1 is 1.35 bits per heavy atom. The average molecular weight is 273 g/mol. The van der Waals surface area contributed by atoms with Crippen LogP contribution in [0.15, 0.2) is 29.3 Å². The zero-order chi connectivity index (χ0) is 14.3. The van der Waals surface area contributed by atoms with Crippen LogP contribution < -0.4 is 5.56 Å². The Hall–Kier alpha value is -3.23. The molecule has 1 aromatic carbocycles. The lowest BCUT2D eigenvalue weighted by Crippen LogP contribution is -2.05. The van der Waals surface area contributed by atoms with Gasteiger partial charge in [-0.3, -0.25) is 14.9 Å². The predicted molar refractivity (Wildman–Crippen MR) is 68.3 cm³/mol. The highest BCUT2D eigenvalue weighted by molar-refractivity contribution is 5.77. The van der Waals surface area contributed by atoms with Gasteiger partial charge < -0.3 is 15.1 Å². The molecule has 0 aliphatic rings. The molecule has 3 aromatic rings. The first-order chi connectivity index (χ1) is 9.56. The van der Waals surface area contributed by atoms with E-state index in [2.05, 4.69) is 19.9 Å². The van der Waals surface area contributed by atoms with E-state index in [1.54, 1.807) is 0 Å². The van der Waals surface area contributed by atoms with Crippen LogP contribution in [-0.2, 0) is 0 Å².